The van der Waals surface area contributed by atoms with Gasteiger partial charge in [-0.25, -0.2) is 9.79 Å². The van der Waals surface area contributed by atoms with Crippen LogP contribution in [0.4, 0.5) is 10.5 Å². The number of rotatable bonds is 5. The van der Waals surface area contributed by atoms with Crippen molar-refractivity contribution < 1.29 is 9.59 Å². The highest BCUT2D eigenvalue weighted by Crippen LogP contribution is 2.23. The van der Waals surface area contributed by atoms with E-state index >= 15 is 0 Å². The SMILES string of the molecule is CC1=NN(c2cccc(C)c2)C(=O)C1C=NC(=O)NCCc1ccccc1. The lowest BCUT2D eigenvalue weighted by Crippen LogP contribution is -2.29. The lowest BCUT2D eigenvalue weighted by molar-refractivity contribution is -0.118. The highest BCUT2D eigenvalue weighted by Gasteiger charge is 2.33. The minimum Gasteiger partial charge on any atom is -0.336 e. The number of carbonyl (C=O) groups is 2. The molecule has 0 saturated heterocycles. The van der Waals surface area contributed by atoms with E-state index in [9.17, 15) is 9.59 Å². The molecule has 1 atom stereocenters. The van der Waals surface area contributed by atoms with Crippen LogP contribution in [0.2, 0.25) is 0 Å². The Labute approximate surface area is 158 Å². The summed E-state index contributed by atoms with van der Waals surface area (Å²) in [4.78, 5) is 28.4. The fourth-order valence-corrected chi connectivity index (χ4v) is 2.84. The second-order valence-electron chi connectivity index (χ2n) is 6.45. The highest BCUT2D eigenvalue weighted by atomic mass is 16.2. The average molecular weight is 362 g/mol. The maximum absolute atomic E-state index is 12.6. The number of urea groups is 1. The van der Waals surface area contributed by atoms with Crippen LogP contribution in [0.25, 0.3) is 0 Å². The molecule has 0 bridgehead atoms. The summed E-state index contributed by atoms with van der Waals surface area (Å²) >= 11 is 0. The van der Waals surface area contributed by atoms with Crippen LogP contribution in [-0.4, -0.2) is 30.4 Å². The van der Waals surface area contributed by atoms with E-state index < -0.39 is 11.9 Å². The zero-order valence-electron chi connectivity index (χ0n) is 15.4. The van der Waals surface area contributed by atoms with Crippen LogP contribution in [0.15, 0.2) is 64.7 Å². The fraction of sp³-hybridized carbons (Fsp3) is 0.238. The molecule has 0 aliphatic carbocycles. The van der Waals surface area contributed by atoms with Gasteiger partial charge in [0, 0.05) is 12.8 Å². The Balaban J connectivity index is 1.56. The number of nitrogens with zero attached hydrogens (tertiary/aromatic N) is 3. The van der Waals surface area contributed by atoms with Crippen molar-refractivity contribution >= 4 is 29.6 Å². The van der Waals surface area contributed by atoms with Gasteiger partial charge >= 0.3 is 6.03 Å². The molecule has 6 heteroatoms. The van der Waals surface area contributed by atoms with Crippen molar-refractivity contribution in [2.75, 3.05) is 11.6 Å². The molecule has 0 radical (unpaired) electrons. The van der Waals surface area contributed by atoms with E-state index in [-0.39, 0.29) is 5.91 Å². The molecule has 27 heavy (non-hydrogen) atoms. The first kappa shape index (κ1) is 18.5. The lowest BCUT2D eigenvalue weighted by atomic mass is 10.1. The number of hydrogen-bond donors (Lipinski definition) is 1. The Hall–Kier alpha value is -3.28. The van der Waals surface area contributed by atoms with Crippen LogP contribution in [0, 0.1) is 12.8 Å². The molecule has 0 fully saturated rings. The summed E-state index contributed by atoms with van der Waals surface area (Å²) in [5, 5.41) is 8.42. The van der Waals surface area contributed by atoms with E-state index in [1.54, 1.807) is 6.92 Å². The Morgan fingerprint density at radius 1 is 1.19 bits per heavy atom. The number of benzene rings is 2. The van der Waals surface area contributed by atoms with Crippen molar-refractivity contribution in [3.8, 4) is 0 Å². The number of hydrazone groups is 1. The van der Waals surface area contributed by atoms with Crippen molar-refractivity contribution in [3.63, 3.8) is 0 Å². The molecule has 1 N–H and O–H groups in total. The summed E-state index contributed by atoms with van der Waals surface area (Å²) in [6, 6.07) is 17.0. The summed E-state index contributed by atoms with van der Waals surface area (Å²) in [5.41, 5.74) is 3.51. The van der Waals surface area contributed by atoms with Gasteiger partial charge in [0.05, 0.1) is 11.4 Å². The van der Waals surface area contributed by atoms with E-state index in [1.807, 2.05) is 61.5 Å². The molecule has 1 aliphatic heterocycles. The van der Waals surface area contributed by atoms with Gasteiger partial charge in [-0.2, -0.15) is 10.1 Å². The first-order chi connectivity index (χ1) is 13.0. The van der Waals surface area contributed by atoms with Crippen molar-refractivity contribution in [1.82, 2.24) is 5.32 Å². The third kappa shape index (κ3) is 4.67. The van der Waals surface area contributed by atoms with Gasteiger partial charge in [-0.05, 0) is 43.5 Å². The second-order valence-corrected chi connectivity index (χ2v) is 6.45. The second kappa shape index (κ2) is 8.40. The van der Waals surface area contributed by atoms with Crippen LogP contribution in [0.5, 0.6) is 0 Å². The van der Waals surface area contributed by atoms with Gasteiger partial charge in [-0.1, -0.05) is 42.5 Å². The van der Waals surface area contributed by atoms with Crippen LogP contribution in [0.3, 0.4) is 0 Å². The first-order valence-corrected chi connectivity index (χ1v) is 8.86. The van der Waals surface area contributed by atoms with Crippen LogP contribution < -0.4 is 10.3 Å². The molecule has 0 aromatic heterocycles. The van der Waals surface area contributed by atoms with Crippen molar-refractivity contribution in [1.29, 1.82) is 0 Å². The molecule has 1 unspecified atom stereocenters. The minimum absolute atomic E-state index is 0.209. The zero-order chi connectivity index (χ0) is 19.2. The van der Waals surface area contributed by atoms with Crippen LogP contribution in [-0.2, 0) is 11.2 Å². The maximum Gasteiger partial charge on any atom is 0.340 e. The van der Waals surface area contributed by atoms with Gasteiger partial charge in [-0.3, -0.25) is 4.79 Å². The number of aliphatic imine (C=N–C) groups is 1. The Bertz CT molecular complexity index is 890. The Morgan fingerprint density at radius 3 is 2.70 bits per heavy atom. The number of nitrogens with one attached hydrogen (secondary N) is 1. The van der Waals surface area contributed by atoms with E-state index in [0.29, 0.717) is 17.9 Å². The molecule has 1 aliphatic rings. The normalized spacial score (nSPS) is 16.7. The largest absolute Gasteiger partial charge is 0.340 e. The summed E-state index contributed by atoms with van der Waals surface area (Å²) in [6.45, 7) is 4.21. The molecule has 138 valence electrons. The monoisotopic (exact) mass is 362 g/mol. The zero-order valence-corrected chi connectivity index (χ0v) is 15.4. The third-order valence-corrected chi connectivity index (χ3v) is 4.30. The van der Waals surface area contributed by atoms with Gasteiger partial charge in [0.15, 0.2) is 0 Å². The molecule has 1 heterocycles. The van der Waals surface area contributed by atoms with E-state index in [4.69, 9.17) is 0 Å². The Kier molecular flexibility index (Phi) is 5.76. The molecular formula is C21H22N4O2. The topological polar surface area (TPSA) is 74.1 Å². The molecule has 6 nitrogen and oxygen atoms in total. The van der Waals surface area contributed by atoms with Crippen molar-refractivity contribution in [3.05, 3.63) is 65.7 Å². The van der Waals surface area contributed by atoms with Crippen molar-refractivity contribution in [2.24, 2.45) is 16.0 Å². The van der Waals surface area contributed by atoms with Crippen LogP contribution in [0.1, 0.15) is 18.1 Å². The maximum atomic E-state index is 12.6. The van der Waals surface area contributed by atoms with Gasteiger partial charge in [0.1, 0.15) is 5.92 Å². The molecule has 3 amide bonds. The molecule has 0 saturated carbocycles. The van der Waals surface area contributed by atoms with Gasteiger partial charge < -0.3 is 5.32 Å². The van der Waals surface area contributed by atoms with E-state index in [1.165, 1.54) is 11.2 Å². The van der Waals surface area contributed by atoms with Gasteiger partial charge in [0.25, 0.3) is 5.91 Å². The molecule has 3 rings (SSSR count). The molecule has 2 aromatic rings. The molecule has 0 spiro atoms. The standard InChI is InChI=1S/C21H22N4O2/c1-15-7-6-10-18(13-15)25-20(26)19(16(2)24-25)14-23-21(27)22-12-11-17-8-4-3-5-9-17/h3-10,13-14,19H,11-12H2,1-2H3,(H,22,27). The number of anilines is 1. The quantitative estimate of drug-likeness (QED) is 0.828. The van der Waals surface area contributed by atoms with Gasteiger partial charge in [0.2, 0.25) is 0 Å². The summed E-state index contributed by atoms with van der Waals surface area (Å²) in [6.07, 6.45) is 2.10. The lowest BCUT2D eigenvalue weighted by Gasteiger charge is -2.13. The predicted octanol–water partition coefficient (Wildman–Crippen LogP) is 3.36. The highest BCUT2D eigenvalue weighted by molar-refractivity contribution is 6.24. The van der Waals surface area contributed by atoms with Crippen LogP contribution >= 0.6 is 0 Å². The smallest absolute Gasteiger partial charge is 0.336 e. The van der Waals surface area contributed by atoms with E-state index in [2.05, 4.69) is 15.4 Å². The summed E-state index contributed by atoms with van der Waals surface area (Å²) in [5.74, 6) is -0.829. The van der Waals surface area contributed by atoms with E-state index in [0.717, 1.165) is 17.5 Å². The number of carbonyl (C=O) groups excluding carboxylic acids is 2. The first-order valence-electron chi connectivity index (χ1n) is 8.86. The number of hydrogen-bond acceptors (Lipinski definition) is 3. The predicted molar refractivity (Wildman–Crippen MR) is 107 cm³/mol. The number of aryl methyl sites for hydroxylation is 1. The van der Waals surface area contributed by atoms with Crippen molar-refractivity contribution in [2.45, 2.75) is 20.3 Å². The summed E-state index contributed by atoms with van der Waals surface area (Å²) in [7, 11) is 0. The Morgan fingerprint density at radius 2 is 1.96 bits per heavy atom. The average Bonchev–Trinajstić information content (AvgIpc) is 2.95. The molecular weight excluding hydrogens is 340 g/mol. The third-order valence-electron chi connectivity index (χ3n) is 4.30. The number of amides is 3. The fourth-order valence-electron chi connectivity index (χ4n) is 2.84. The minimum atomic E-state index is -0.620. The summed E-state index contributed by atoms with van der Waals surface area (Å²) < 4.78 is 0. The molecule has 2 aromatic carbocycles. The van der Waals surface area contributed by atoms with Gasteiger partial charge in [-0.15, -0.1) is 0 Å².